The van der Waals surface area contributed by atoms with Crippen LogP contribution in [0, 0.1) is 0 Å². The molecule has 2 rings (SSSR count). The van der Waals surface area contributed by atoms with Gasteiger partial charge < -0.3 is 5.11 Å². The zero-order valence-electron chi connectivity index (χ0n) is 7.33. The highest BCUT2D eigenvalue weighted by molar-refractivity contribution is 5.54. The number of nitrogens with zero attached hydrogens (tertiary/aromatic N) is 4. The smallest absolute Gasteiger partial charge is 0.153 e. The molecule has 70 valence electrons. The third kappa shape index (κ3) is 1.72. The number of aliphatic hydroxyl groups is 1. The SMILES string of the molecule is OCc1ncc(-c2cnccn2)cn1. The molecule has 0 saturated heterocycles. The van der Waals surface area contributed by atoms with Crippen LogP contribution in [-0.2, 0) is 6.61 Å². The molecule has 2 aromatic rings. The van der Waals surface area contributed by atoms with Crippen molar-refractivity contribution < 1.29 is 5.11 Å². The Bertz CT molecular complexity index is 401. The van der Waals surface area contributed by atoms with Gasteiger partial charge in [0, 0.05) is 30.4 Å². The van der Waals surface area contributed by atoms with E-state index in [1.165, 1.54) is 0 Å². The summed E-state index contributed by atoms with van der Waals surface area (Å²) in [5.41, 5.74) is 1.51. The molecule has 0 amide bonds. The fourth-order valence-corrected chi connectivity index (χ4v) is 1.02. The van der Waals surface area contributed by atoms with E-state index in [4.69, 9.17) is 5.11 Å². The van der Waals surface area contributed by atoms with Crippen LogP contribution in [-0.4, -0.2) is 25.0 Å². The Morgan fingerprint density at radius 1 is 1.00 bits per heavy atom. The third-order valence-electron chi connectivity index (χ3n) is 1.71. The molecule has 0 aromatic carbocycles. The molecular formula is C9H8N4O. The second kappa shape index (κ2) is 3.89. The van der Waals surface area contributed by atoms with Gasteiger partial charge in [-0.2, -0.15) is 0 Å². The maximum absolute atomic E-state index is 8.75. The Labute approximate surface area is 80.5 Å². The van der Waals surface area contributed by atoms with Crippen molar-refractivity contribution >= 4 is 0 Å². The standard InChI is InChI=1S/C9H8N4O/c14-6-9-12-3-7(4-13-9)8-5-10-1-2-11-8/h1-5,14H,6H2. The van der Waals surface area contributed by atoms with Crippen molar-refractivity contribution in [1.82, 2.24) is 19.9 Å². The van der Waals surface area contributed by atoms with E-state index in [2.05, 4.69) is 19.9 Å². The highest BCUT2D eigenvalue weighted by atomic mass is 16.3. The van der Waals surface area contributed by atoms with Crippen molar-refractivity contribution in [1.29, 1.82) is 0 Å². The van der Waals surface area contributed by atoms with E-state index < -0.39 is 0 Å². The molecule has 0 aliphatic heterocycles. The molecule has 0 aliphatic carbocycles. The van der Waals surface area contributed by atoms with Gasteiger partial charge in [0.2, 0.25) is 0 Å². The lowest BCUT2D eigenvalue weighted by Crippen LogP contribution is -1.94. The van der Waals surface area contributed by atoms with Crippen molar-refractivity contribution in [3.8, 4) is 11.3 Å². The first kappa shape index (κ1) is 8.71. The molecule has 2 aromatic heterocycles. The molecule has 5 nitrogen and oxygen atoms in total. The lowest BCUT2D eigenvalue weighted by atomic mass is 10.2. The molecule has 5 heteroatoms. The average Bonchev–Trinajstić information content (AvgIpc) is 2.30. The molecule has 0 spiro atoms. The zero-order chi connectivity index (χ0) is 9.80. The van der Waals surface area contributed by atoms with Crippen LogP contribution in [0.3, 0.4) is 0 Å². The van der Waals surface area contributed by atoms with Crippen LogP contribution >= 0.6 is 0 Å². The van der Waals surface area contributed by atoms with Gasteiger partial charge in [-0.1, -0.05) is 0 Å². The summed E-state index contributed by atoms with van der Waals surface area (Å²) in [5.74, 6) is 0.401. The highest BCUT2D eigenvalue weighted by Crippen LogP contribution is 2.11. The van der Waals surface area contributed by atoms with Gasteiger partial charge in [0.15, 0.2) is 5.82 Å². The van der Waals surface area contributed by atoms with Crippen molar-refractivity contribution in [3.63, 3.8) is 0 Å². The minimum atomic E-state index is -0.152. The third-order valence-corrected chi connectivity index (χ3v) is 1.71. The lowest BCUT2D eigenvalue weighted by molar-refractivity contribution is 0.271. The Hall–Kier alpha value is -1.88. The fraction of sp³-hybridized carbons (Fsp3) is 0.111. The van der Waals surface area contributed by atoms with Crippen molar-refractivity contribution in [3.05, 3.63) is 36.8 Å². The van der Waals surface area contributed by atoms with E-state index in [0.717, 1.165) is 11.3 Å². The van der Waals surface area contributed by atoms with Crippen LogP contribution in [0.2, 0.25) is 0 Å². The Balaban J connectivity index is 2.34. The molecular weight excluding hydrogens is 180 g/mol. The van der Waals surface area contributed by atoms with E-state index in [1.807, 2.05) is 0 Å². The van der Waals surface area contributed by atoms with Crippen molar-refractivity contribution in [2.75, 3.05) is 0 Å². The predicted octanol–water partition coefficient (Wildman–Crippen LogP) is 0.426. The summed E-state index contributed by atoms with van der Waals surface area (Å²) >= 11 is 0. The second-order valence-corrected chi connectivity index (χ2v) is 2.64. The average molecular weight is 188 g/mol. The summed E-state index contributed by atoms with van der Waals surface area (Å²) < 4.78 is 0. The number of rotatable bonds is 2. The van der Waals surface area contributed by atoms with Gasteiger partial charge in [-0.3, -0.25) is 9.97 Å². The summed E-state index contributed by atoms with van der Waals surface area (Å²) in [6, 6.07) is 0. The van der Waals surface area contributed by atoms with Gasteiger partial charge in [0.25, 0.3) is 0 Å². The summed E-state index contributed by atoms with van der Waals surface area (Å²) in [6.07, 6.45) is 8.07. The van der Waals surface area contributed by atoms with E-state index in [-0.39, 0.29) is 6.61 Å². The van der Waals surface area contributed by atoms with E-state index >= 15 is 0 Å². The van der Waals surface area contributed by atoms with Crippen LogP contribution in [0.5, 0.6) is 0 Å². The first-order valence-corrected chi connectivity index (χ1v) is 4.08. The van der Waals surface area contributed by atoms with Crippen LogP contribution < -0.4 is 0 Å². The molecule has 0 aliphatic rings. The summed E-state index contributed by atoms with van der Waals surface area (Å²) in [7, 11) is 0. The molecule has 0 bridgehead atoms. The summed E-state index contributed by atoms with van der Waals surface area (Å²) in [6.45, 7) is -0.152. The Kier molecular flexibility index (Phi) is 2.42. The summed E-state index contributed by atoms with van der Waals surface area (Å²) in [4.78, 5) is 15.9. The maximum atomic E-state index is 8.75. The second-order valence-electron chi connectivity index (χ2n) is 2.64. The molecule has 1 N–H and O–H groups in total. The normalized spacial score (nSPS) is 10.1. The summed E-state index contributed by atoms with van der Waals surface area (Å²) in [5, 5.41) is 8.75. The van der Waals surface area contributed by atoms with E-state index in [1.54, 1.807) is 31.0 Å². The first-order chi connectivity index (χ1) is 6.90. The largest absolute Gasteiger partial charge is 0.388 e. The topological polar surface area (TPSA) is 71.8 Å². The Morgan fingerprint density at radius 2 is 1.79 bits per heavy atom. The van der Waals surface area contributed by atoms with E-state index in [9.17, 15) is 0 Å². The van der Waals surface area contributed by atoms with Gasteiger partial charge >= 0.3 is 0 Å². The van der Waals surface area contributed by atoms with Crippen LogP contribution in [0.15, 0.2) is 31.0 Å². The molecule has 0 unspecified atom stereocenters. The fourth-order valence-electron chi connectivity index (χ4n) is 1.02. The molecule has 0 radical (unpaired) electrons. The predicted molar refractivity (Wildman–Crippen MR) is 49.0 cm³/mol. The van der Waals surface area contributed by atoms with Gasteiger partial charge in [-0.05, 0) is 0 Å². The molecule has 0 atom stereocenters. The quantitative estimate of drug-likeness (QED) is 0.739. The number of aliphatic hydroxyl groups excluding tert-OH is 1. The van der Waals surface area contributed by atoms with Gasteiger partial charge in [0.05, 0.1) is 11.9 Å². The molecule has 0 saturated carbocycles. The number of hydrogen-bond donors (Lipinski definition) is 1. The molecule has 14 heavy (non-hydrogen) atoms. The molecule has 2 heterocycles. The Morgan fingerprint density at radius 3 is 2.36 bits per heavy atom. The van der Waals surface area contributed by atoms with Crippen LogP contribution in [0.4, 0.5) is 0 Å². The lowest BCUT2D eigenvalue weighted by Gasteiger charge is -1.98. The van der Waals surface area contributed by atoms with Gasteiger partial charge in [-0.25, -0.2) is 9.97 Å². The maximum Gasteiger partial charge on any atom is 0.153 e. The van der Waals surface area contributed by atoms with E-state index in [0.29, 0.717) is 5.82 Å². The van der Waals surface area contributed by atoms with Gasteiger partial charge in [0.1, 0.15) is 6.61 Å². The zero-order valence-corrected chi connectivity index (χ0v) is 7.33. The van der Waals surface area contributed by atoms with Gasteiger partial charge in [-0.15, -0.1) is 0 Å². The minimum Gasteiger partial charge on any atom is -0.388 e. The van der Waals surface area contributed by atoms with Crippen molar-refractivity contribution in [2.24, 2.45) is 0 Å². The number of aromatic nitrogens is 4. The number of hydrogen-bond acceptors (Lipinski definition) is 5. The van der Waals surface area contributed by atoms with Crippen LogP contribution in [0.25, 0.3) is 11.3 Å². The van der Waals surface area contributed by atoms with Crippen LogP contribution in [0.1, 0.15) is 5.82 Å². The minimum absolute atomic E-state index is 0.152. The highest BCUT2D eigenvalue weighted by Gasteiger charge is 2.00. The van der Waals surface area contributed by atoms with Crippen molar-refractivity contribution in [2.45, 2.75) is 6.61 Å². The molecule has 0 fully saturated rings. The monoisotopic (exact) mass is 188 g/mol. The first-order valence-electron chi connectivity index (χ1n) is 4.08.